The van der Waals surface area contributed by atoms with E-state index in [1.165, 1.54) is 17.6 Å². The van der Waals surface area contributed by atoms with Gasteiger partial charge in [-0.25, -0.2) is 4.98 Å². The fourth-order valence-corrected chi connectivity index (χ4v) is 2.39. The van der Waals surface area contributed by atoms with Crippen molar-refractivity contribution >= 4 is 16.5 Å². The van der Waals surface area contributed by atoms with Gasteiger partial charge in [0.05, 0.1) is 6.54 Å². The van der Waals surface area contributed by atoms with E-state index in [4.69, 9.17) is 0 Å². The highest BCUT2D eigenvalue weighted by atomic mass is 32.1. The summed E-state index contributed by atoms with van der Waals surface area (Å²) >= 11 is 1.32. The molecule has 2 heterocycles. The van der Waals surface area contributed by atoms with Crippen molar-refractivity contribution in [2.75, 3.05) is 11.9 Å². The Hall–Kier alpha value is -1.76. The quantitative estimate of drug-likeness (QED) is 0.899. The standard InChI is InChI=1S/C12H17N5OS/c1-4-5-13-12-10(15-16-19-12)7-17-9(3)14-8(2)6-11(17)18/h6,13H,4-5,7H2,1-3H3. The molecule has 7 heteroatoms. The van der Waals surface area contributed by atoms with Crippen LogP contribution in [0, 0.1) is 13.8 Å². The SMILES string of the molecule is CCCNc1snnc1Cn1c(C)nc(C)cc1=O. The van der Waals surface area contributed by atoms with Crippen molar-refractivity contribution in [2.45, 2.75) is 33.7 Å². The molecule has 0 spiro atoms. The van der Waals surface area contributed by atoms with Crippen LogP contribution in [0.3, 0.4) is 0 Å². The lowest BCUT2D eigenvalue weighted by atomic mass is 10.3. The molecule has 0 atom stereocenters. The molecule has 6 nitrogen and oxygen atoms in total. The number of hydrogen-bond donors (Lipinski definition) is 1. The molecule has 19 heavy (non-hydrogen) atoms. The number of nitrogens with one attached hydrogen (secondary N) is 1. The Bertz CT molecular complexity index is 619. The molecular weight excluding hydrogens is 262 g/mol. The van der Waals surface area contributed by atoms with Gasteiger partial charge >= 0.3 is 0 Å². The maximum absolute atomic E-state index is 12.0. The fourth-order valence-electron chi connectivity index (χ4n) is 1.79. The maximum atomic E-state index is 12.0. The lowest BCUT2D eigenvalue weighted by molar-refractivity contribution is 0.679. The molecule has 0 amide bonds. The first-order valence-electron chi connectivity index (χ1n) is 6.22. The zero-order valence-corrected chi connectivity index (χ0v) is 12.1. The number of aromatic nitrogens is 4. The molecule has 1 N–H and O–H groups in total. The second-order valence-electron chi connectivity index (χ2n) is 4.34. The van der Waals surface area contributed by atoms with Gasteiger partial charge in [-0.15, -0.1) is 5.10 Å². The molecule has 0 bridgehead atoms. The van der Waals surface area contributed by atoms with Crippen LogP contribution in [-0.4, -0.2) is 25.7 Å². The average Bonchev–Trinajstić information content (AvgIpc) is 2.78. The van der Waals surface area contributed by atoms with Crippen molar-refractivity contribution in [3.05, 3.63) is 33.6 Å². The van der Waals surface area contributed by atoms with Crippen molar-refractivity contribution in [1.82, 2.24) is 19.1 Å². The Morgan fingerprint density at radius 2 is 2.21 bits per heavy atom. The lowest BCUT2D eigenvalue weighted by Crippen LogP contribution is -2.24. The molecule has 0 aliphatic rings. The first-order valence-corrected chi connectivity index (χ1v) is 6.99. The minimum Gasteiger partial charge on any atom is -0.374 e. The highest BCUT2D eigenvalue weighted by Crippen LogP contribution is 2.18. The Balaban J connectivity index is 2.27. The monoisotopic (exact) mass is 279 g/mol. The van der Waals surface area contributed by atoms with E-state index in [0.29, 0.717) is 12.4 Å². The van der Waals surface area contributed by atoms with Crippen LogP contribution < -0.4 is 10.9 Å². The minimum absolute atomic E-state index is 0.0561. The number of aryl methyl sites for hydroxylation is 2. The molecule has 2 aromatic rings. The van der Waals surface area contributed by atoms with E-state index < -0.39 is 0 Å². The zero-order valence-electron chi connectivity index (χ0n) is 11.3. The van der Waals surface area contributed by atoms with E-state index in [2.05, 4.69) is 26.8 Å². The van der Waals surface area contributed by atoms with Crippen molar-refractivity contribution in [1.29, 1.82) is 0 Å². The number of rotatable bonds is 5. The summed E-state index contributed by atoms with van der Waals surface area (Å²) < 4.78 is 5.55. The molecule has 0 aliphatic heterocycles. The number of anilines is 1. The molecule has 102 valence electrons. The van der Waals surface area contributed by atoms with Crippen LogP contribution in [0.2, 0.25) is 0 Å². The van der Waals surface area contributed by atoms with E-state index in [-0.39, 0.29) is 5.56 Å². The van der Waals surface area contributed by atoms with Gasteiger partial charge in [-0.05, 0) is 20.3 Å². The highest BCUT2D eigenvalue weighted by molar-refractivity contribution is 7.10. The molecule has 0 radical (unpaired) electrons. The molecule has 0 aromatic carbocycles. The van der Waals surface area contributed by atoms with Crippen molar-refractivity contribution in [3.63, 3.8) is 0 Å². The topological polar surface area (TPSA) is 72.7 Å². The van der Waals surface area contributed by atoms with Gasteiger partial charge in [-0.3, -0.25) is 9.36 Å². The van der Waals surface area contributed by atoms with Gasteiger partial charge in [0.25, 0.3) is 5.56 Å². The third-order valence-electron chi connectivity index (χ3n) is 2.73. The van der Waals surface area contributed by atoms with E-state index in [1.54, 1.807) is 4.57 Å². The second kappa shape index (κ2) is 5.92. The smallest absolute Gasteiger partial charge is 0.254 e. The summed E-state index contributed by atoms with van der Waals surface area (Å²) in [5, 5.41) is 8.28. The van der Waals surface area contributed by atoms with Crippen LogP contribution in [0.15, 0.2) is 10.9 Å². The summed E-state index contributed by atoms with van der Waals surface area (Å²) in [4.78, 5) is 16.3. The maximum Gasteiger partial charge on any atom is 0.254 e. The summed E-state index contributed by atoms with van der Waals surface area (Å²) in [5.41, 5.74) is 1.47. The molecule has 0 fully saturated rings. The third-order valence-corrected chi connectivity index (χ3v) is 3.45. The molecule has 2 aromatic heterocycles. The second-order valence-corrected chi connectivity index (χ2v) is 5.10. The van der Waals surface area contributed by atoms with Gasteiger partial charge in [0, 0.05) is 29.8 Å². The van der Waals surface area contributed by atoms with E-state index in [0.717, 1.165) is 29.4 Å². The summed E-state index contributed by atoms with van der Waals surface area (Å²) in [5.74, 6) is 0.694. The Morgan fingerprint density at radius 3 is 2.89 bits per heavy atom. The molecule has 0 saturated carbocycles. The Labute approximate surface area is 115 Å². The van der Waals surface area contributed by atoms with Crippen molar-refractivity contribution in [2.24, 2.45) is 0 Å². The van der Waals surface area contributed by atoms with Crippen LogP contribution in [0.5, 0.6) is 0 Å². The van der Waals surface area contributed by atoms with Gasteiger partial charge < -0.3 is 5.32 Å². The van der Waals surface area contributed by atoms with Crippen molar-refractivity contribution < 1.29 is 0 Å². The van der Waals surface area contributed by atoms with Crippen LogP contribution in [0.25, 0.3) is 0 Å². The lowest BCUT2D eigenvalue weighted by Gasteiger charge is -2.09. The van der Waals surface area contributed by atoms with Crippen LogP contribution in [0.1, 0.15) is 30.6 Å². The van der Waals surface area contributed by atoms with Crippen molar-refractivity contribution in [3.8, 4) is 0 Å². The first kappa shape index (κ1) is 13.7. The number of nitrogens with zero attached hydrogens (tertiary/aromatic N) is 4. The summed E-state index contributed by atoms with van der Waals surface area (Å²) in [6, 6.07) is 1.53. The van der Waals surface area contributed by atoms with Crippen LogP contribution in [0.4, 0.5) is 5.00 Å². The average molecular weight is 279 g/mol. The predicted octanol–water partition coefficient (Wildman–Crippen LogP) is 1.58. The van der Waals surface area contributed by atoms with E-state index >= 15 is 0 Å². The zero-order chi connectivity index (χ0) is 13.8. The molecule has 0 aliphatic carbocycles. The van der Waals surface area contributed by atoms with E-state index in [1.807, 2.05) is 13.8 Å². The van der Waals surface area contributed by atoms with E-state index in [9.17, 15) is 4.79 Å². The Kier molecular flexibility index (Phi) is 4.26. The molecule has 2 rings (SSSR count). The van der Waals surface area contributed by atoms with Gasteiger partial charge in [0.15, 0.2) is 0 Å². The molecule has 0 unspecified atom stereocenters. The minimum atomic E-state index is -0.0561. The first-order chi connectivity index (χ1) is 9.11. The third kappa shape index (κ3) is 3.17. The normalized spacial score (nSPS) is 10.7. The predicted molar refractivity (Wildman–Crippen MR) is 75.8 cm³/mol. The van der Waals surface area contributed by atoms with Gasteiger partial charge in [0.1, 0.15) is 16.5 Å². The van der Waals surface area contributed by atoms with Crippen LogP contribution >= 0.6 is 11.5 Å². The molecule has 0 saturated heterocycles. The summed E-state index contributed by atoms with van der Waals surface area (Å²) in [6.45, 7) is 7.02. The van der Waals surface area contributed by atoms with Gasteiger partial charge in [0.2, 0.25) is 0 Å². The highest BCUT2D eigenvalue weighted by Gasteiger charge is 2.11. The Morgan fingerprint density at radius 1 is 1.42 bits per heavy atom. The summed E-state index contributed by atoms with van der Waals surface area (Å²) in [7, 11) is 0. The van der Waals surface area contributed by atoms with Crippen LogP contribution in [-0.2, 0) is 6.54 Å². The summed E-state index contributed by atoms with van der Waals surface area (Å²) in [6.07, 6.45) is 1.03. The number of hydrogen-bond acceptors (Lipinski definition) is 6. The van der Waals surface area contributed by atoms with Gasteiger partial charge in [-0.1, -0.05) is 11.4 Å². The van der Waals surface area contributed by atoms with Gasteiger partial charge in [-0.2, -0.15) is 0 Å². The fraction of sp³-hybridized carbons (Fsp3) is 0.500. The molecular formula is C12H17N5OS. The largest absolute Gasteiger partial charge is 0.374 e.